The monoisotopic (exact) mass is 1180 g/mol. The van der Waals surface area contributed by atoms with Crippen molar-refractivity contribution in [2.45, 2.75) is 147 Å². The molecule has 30 nitrogen and oxygen atoms in total. The summed E-state index contributed by atoms with van der Waals surface area (Å²) in [5, 5.41) is 72.4. The predicted molar refractivity (Wildman–Crippen MR) is 295 cm³/mol. The standard InChI is InChI=1S/C51H82N12O18S/c1-25(2)17-29(52)42(71)60-35(22-64)47(76)56-30(13-14-40(69)70)44(73)58-33(20-38(53)67)46(75)63-41(27(5)6)50(79)62-37(24-66)49(78)61-36(23-65)48(77)57-31(15-16-82-7)43(72)54-21-39(68)55-32(18-26(3)4)45(74)59-34(51(80)81)19-28-11-9-8-10-12-28/h8-12,25-27,29-37,41,64-66H,13-24,52H2,1-7H3,(H2,53,67)(H,54,72)(H,55,68)(H,56,76)(H,57,77)(H,58,73)(H,59,74)(H,60,71)(H,61,78)(H,62,79)(H,63,75)(H,69,70)(H,80,81)/t29-,30-,31-,32-,33-,34-,35-,36-,37-,41-/m0/s1. The maximum absolute atomic E-state index is 13.7. The number of carbonyl (C=O) groups excluding carboxylic acids is 11. The van der Waals surface area contributed by atoms with E-state index in [4.69, 9.17) is 11.5 Å². The van der Waals surface area contributed by atoms with E-state index >= 15 is 0 Å². The lowest BCUT2D eigenvalue weighted by Gasteiger charge is -2.28. The van der Waals surface area contributed by atoms with Gasteiger partial charge in [-0.15, -0.1) is 0 Å². The number of nitrogens with one attached hydrogen (secondary N) is 10. The SMILES string of the molecule is CSCC[C@H](NC(=O)[C@H](CO)NC(=O)[C@H](CO)NC(=O)[C@@H](NC(=O)[C@H](CC(N)=O)NC(=O)[C@H](CCC(=O)O)NC(=O)[C@H](CO)NC(=O)[C@@H](N)CC(C)C)C(C)C)C(=O)NCC(=O)N[C@@H](CC(C)C)C(=O)N[C@@H](Cc1ccccc1)C(=O)O. The molecule has 0 aliphatic heterocycles. The number of aliphatic carboxylic acids is 2. The summed E-state index contributed by atoms with van der Waals surface area (Å²) >= 11 is 1.28. The molecule has 460 valence electrons. The first-order valence-electron chi connectivity index (χ1n) is 26.3. The van der Waals surface area contributed by atoms with Gasteiger partial charge >= 0.3 is 11.9 Å². The third-order valence-electron chi connectivity index (χ3n) is 12.0. The number of hydrogen-bond acceptors (Lipinski definition) is 18. The maximum atomic E-state index is 13.7. The van der Waals surface area contributed by atoms with Crippen LogP contribution in [0.5, 0.6) is 0 Å². The van der Waals surface area contributed by atoms with Crippen LogP contribution in [0.4, 0.5) is 0 Å². The van der Waals surface area contributed by atoms with E-state index in [1.165, 1.54) is 25.6 Å². The smallest absolute Gasteiger partial charge is 0.326 e. The van der Waals surface area contributed by atoms with Crippen molar-refractivity contribution in [3.63, 3.8) is 0 Å². The molecule has 0 aliphatic carbocycles. The minimum absolute atomic E-state index is 0.0192. The van der Waals surface area contributed by atoms with Gasteiger partial charge in [-0.25, -0.2) is 4.79 Å². The second-order valence-electron chi connectivity index (χ2n) is 20.3. The highest BCUT2D eigenvalue weighted by molar-refractivity contribution is 7.98. The van der Waals surface area contributed by atoms with Gasteiger partial charge in [-0.3, -0.25) is 57.5 Å². The molecule has 0 aliphatic rings. The van der Waals surface area contributed by atoms with Crippen molar-refractivity contribution in [3.05, 3.63) is 35.9 Å². The Kier molecular flexibility index (Phi) is 33.2. The third kappa shape index (κ3) is 27.3. The van der Waals surface area contributed by atoms with Crippen LogP contribution in [0.2, 0.25) is 0 Å². The van der Waals surface area contributed by atoms with Crippen LogP contribution >= 0.6 is 11.8 Å². The minimum atomic E-state index is -1.89. The normalized spacial score (nSPS) is 14.8. The number of carboxylic acids is 2. The molecule has 0 bridgehead atoms. The van der Waals surface area contributed by atoms with Crippen molar-refractivity contribution in [1.29, 1.82) is 0 Å². The number of primary amides is 1. The molecule has 1 aromatic carbocycles. The van der Waals surface area contributed by atoms with Crippen LogP contribution in [0, 0.1) is 17.8 Å². The predicted octanol–water partition coefficient (Wildman–Crippen LogP) is -5.66. The zero-order valence-electron chi connectivity index (χ0n) is 47.0. The number of carboxylic acid groups (broad SMARTS) is 2. The van der Waals surface area contributed by atoms with Crippen LogP contribution in [0.1, 0.15) is 85.6 Å². The van der Waals surface area contributed by atoms with Crippen LogP contribution in [-0.4, -0.2) is 201 Å². The van der Waals surface area contributed by atoms with Gasteiger partial charge < -0.3 is 90.2 Å². The first-order chi connectivity index (χ1) is 38.5. The Labute approximate surface area is 478 Å². The van der Waals surface area contributed by atoms with Crippen LogP contribution in [-0.2, 0) is 68.7 Å². The average Bonchev–Trinajstić information content (AvgIpc) is 3.42. The van der Waals surface area contributed by atoms with E-state index in [1.54, 1.807) is 64.3 Å². The highest BCUT2D eigenvalue weighted by atomic mass is 32.2. The van der Waals surface area contributed by atoms with E-state index in [0.717, 1.165) is 0 Å². The average molecular weight is 1180 g/mol. The number of thioether (sulfide) groups is 1. The van der Waals surface area contributed by atoms with Gasteiger partial charge in [0.25, 0.3) is 0 Å². The molecule has 0 saturated heterocycles. The third-order valence-corrected chi connectivity index (χ3v) is 12.6. The molecule has 10 atom stereocenters. The van der Waals surface area contributed by atoms with E-state index in [0.29, 0.717) is 5.56 Å². The van der Waals surface area contributed by atoms with Crippen molar-refractivity contribution < 1.29 is 87.9 Å². The van der Waals surface area contributed by atoms with Gasteiger partial charge in [0.1, 0.15) is 54.4 Å². The van der Waals surface area contributed by atoms with Gasteiger partial charge in [-0.1, -0.05) is 71.9 Å². The van der Waals surface area contributed by atoms with E-state index < -0.39 is 189 Å². The Morgan fingerprint density at radius 3 is 1.41 bits per heavy atom. The quantitative estimate of drug-likeness (QED) is 0.0292. The molecule has 1 rings (SSSR count). The van der Waals surface area contributed by atoms with Crippen molar-refractivity contribution in [1.82, 2.24) is 53.2 Å². The Balaban J connectivity index is 3.17. The molecule has 11 amide bonds. The van der Waals surface area contributed by atoms with Gasteiger partial charge in [0, 0.05) is 12.8 Å². The number of aliphatic hydroxyl groups excluding tert-OH is 3. The Hall–Kier alpha value is -7.48. The minimum Gasteiger partial charge on any atom is -0.481 e. The number of benzene rings is 1. The molecule has 0 unspecified atom stereocenters. The molecule has 0 fully saturated rings. The molecule has 0 heterocycles. The Bertz CT molecular complexity index is 2350. The summed E-state index contributed by atoms with van der Waals surface area (Å²) in [6.07, 6.45) is -0.309. The lowest BCUT2D eigenvalue weighted by atomic mass is 10.0. The van der Waals surface area contributed by atoms with Gasteiger partial charge in [0.05, 0.1) is 38.8 Å². The summed E-state index contributed by atoms with van der Waals surface area (Å²) in [5.41, 5.74) is 11.9. The lowest BCUT2D eigenvalue weighted by molar-refractivity contribution is -0.142. The Morgan fingerprint density at radius 1 is 0.512 bits per heavy atom. The summed E-state index contributed by atoms with van der Waals surface area (Å²) in [6.45, 7) is 6.09. The number of hydrogen-bond donors (Lipinski definition) is 17. The maximum Gasteiger partial charge on any atom is 0.326 e. The molecule has 1 aromatic rings. The van der Waals surface area contributed by atoms with E-state index in [2.05, 4.69) is 53.2 Å². The van der Waals surface area contributed by atoms with Crippen LogP contribution in [0.3, 0.4) is 0 Å². The molecule has 0 spiro atoms. The first-order valence-corrected chi connectivity index (χ1v) is 27.7. The van der Waals surface area contributed by atoms with Gasteiger partial charge in [0.2, 0.25) is 65.0 Å². The van der Waals surface area contributed by atoms with E-state index in [9.17, 15) is 87.9 Å². The van der Waals surface area contributed by atoms with Gasteiger partial charge in [-0.2, -0.15) is 11.8 Å². The second kappa shape index (κ2) is 37.5. The molecule has 0 radical (unpaired) electrons. The van der Waals surface area contributed by atoms with E-state index in [1.807, 2.05) is 0 Å². The van der Waals surface area contributed by atoms with Crippen LogP contribution < -0.4 is 64.6 Å². The second-order valence-corrected chi connectivity index (χ2v) is 21.3. The first kappa shape index (κ1) is 72.5. The number of aliphatic hydroxyl groups is 3. The number of rotatable bonds is 39. The topological polar surface area (TPSA) is 495 Å². The highest BCUT2D eigenvalue weighted by Gasteiger charge is 2.36. The zero-order valence-corrected chi connectivity index (χ0v) is 47.8. The molecule has 19 N–H and O–H groups in total. The van der Waals surface area contributed by atoms with Crippen molar-refractivity contribution in [2.24, 2.45) is 29.2 Å². The molecule has 31 heteroatoms. The molecular weight excluding hydrogens is 1100 g/mol. The lowest BCUT2D eigenvalue weighted by Crippen LogP contribution is -2.62. The highest BCUT2D eigenvalue weighted by Crippen LogP contribution is 2.11. The zero-order chi connectivity index (χ0) is 62.4. The van der Waals surface area contributed by atoms with Crippen LogP contribution in [0.25, 0.3) is 0 Å². The van der Waals surface area contributed by atoms with Gasteiger partial charge in [-0.05, 0) is 61.0 Å². The summed E-state index contributed by atoms with van der Waals surface area (Å²) < 4.78 is 0. The fourth-order valence-corrected chi connectivity index (χ4v) is 8.10. The molecular formula is C51H82N12O18S. The number of amides is 11. The fourth-order valence-electron chi connectivity index (χ4n) is 7.63. The fraction of sp³-hybridized carbons (Fsp3) is 0.627. The molecule has 0 saturated carbocycles. The Morgan fingerprint density at radius 2 is 0.951 bits per heavy atom. The largest absolute Gasteiger partial charge is 0.481 e. The van der Waals surface area contributed by atoms with Crippen molar-refractivity contribution in [3.8, 4) is 0 Å². The summed E-state index contributed by atoms with van der Waals surface area (Å²) in [5.74, 6) is -15.0. The summed E-state index contributed by atoms with van der Waals surface area (Å²) in [4.78, 5) is 169. The number of nitrogens with two attached hydrogens (primary N) is 2. The van der Waals surface area contributed by atoms with Crippen LogP contribution in [0.15, 0.2) is 30.3 Å². The molecule has 0 aromatic heterocycles. The van der Waals surface area contributed by atoms with Crippen molar-refractivity contribution >= 4 is 88.7 Å². The van der Waals surface area contributed by atoms with Gasteiger partial charge in [0.15, 0.2) is 0 Å². The van der Waals surface area contributed by atoms with E-state index in [-0.39, 0.29) is 43.3 Å². The molecule has 82 heavy (non-hydrogen) atoms. The summed E-state index contributed by atoms with van der Waals surface area (Å²) in [7, 11) is 0. The van der Waals surface area contributed by atoms with Crippen molar-refractivity contribution in [2.75, 3.05) is 38.4 Å². The summed E-state index contributed by atoms with van der Waals surface area (Å²) in [6, 6.07) is -7.05. The number of carbonyl (C=O) groups is 13.